The van der Waals surface area contributed by atoms with Crippen LogP contribution in [0, 0.1) is 23.2 Å². The van der Waals surface area contributed by atoms with Crippen LogP contribution in [0.4, 0.5) is 0 Å². The fourth-order valence-electron chi connectivity index (χ4n) is 5.53. The highest BCUT2D eigenvalue weighted by atomic mass is 16.3. The molecular formula is C24H36O2. The van der Waals surface area contributed by atoms with Gasteiger partial charge in [-0.3, -0.25) is 0 Å². The van der Waals surface area contributed by atoms with Crippen LogP contribution in [-0.2, 0) is 0 Å². The Bertz CT molecular complexity index is 612. The quantitative estimate of drug-likeness (QED) is 0.667. The van der Waals surface area contributed by atoms with Crippen molar-refractivity contribution in [3.05, 3.63) is 47.6 Å². The van der Waals surface area contributed by atoms with E-state index in [1.165, 1.54) is 37.7 Å². The number of aliphatic hydroxyl groups is 2. The molecule has 3 aliphatic carbocycles. The third kappa shape index (κ3) is 3.77. The summed E-state index contributed by atoms with van der Waals surface area (Å²) in [5, 5.41) is 19.5. The average molecular weight is 357 g/mol. The van der Waals surface area contributed by atoms with Gasteiger partial charge in [0, 0.05) is 12.5 Å². The maximum absolute atomic E-state index is 10.6. The Hall–Kier alpha value is -1.12. The monoisotopic (exact) mass is 356 g/mol. The van der Waals surface area contributed by atoms with Crippen molar-refractivity contribution in [1.29, 1.82) is 0 Å². The van der Waals surface area contributed by atoms with E-state index < -0.39 is 6.10 Å². The van der Waals surface area contributed by atoms with Crippen LogP contribution in [0.5, 0.6) is 0 Å². The van der Waals surface area contributed by atoms with E-state index in [1.807, 2.05) is 12.2 Å². The molecular weight excluding hydrogens is 320 g/mol. The van der Waals surface area contributed by atoms with Gasteiger partial charge in [0.25, 0.3) is 0 Å². The van der Waals surface area contributed by atoms with Gasteiger partial charge in [0.05, 0.1) is 6.10 Å². The smallest absolute Gasteiger partial charge is 0.0849 e. The summed E-state index contributed by atoms with van der Waals surface area (Å²) in [7, 11) is 0. The second-order valence-corrected chi connectivity index (χ2v) is 8.94. The molecule has 3 saturated carbocycles. The van der Waals surface area contributed by atoms with E-state index >= 15 is 0 Å². The summed E-state index contributed by atoms with van der Waals surface area (Å²) >= 11 is 0. The van der Waals surface area contributed by atoms with Gasteiger partial charge in [-0.05, 0) is 79.8 Å². The van der Waals surface area contributed by atoms with E-state index in [1.54, 1.807) is 5.57 Å². The minimum absolute atomic E-state index is 0.132. The molecule has 0 aromatic rings. The van der Waals surface area contributed by atoms with Gasteiger partial charge < -0.3 is 10.2 Å². The summed E-state index contributed by atoms with van der Waals surface area (Å²) in [4.78, 5) is 0. The lowest BCUT2D eigenvalue weighted by Gasteiger charge is -2.41. The van der Waals surface area contributed by atoms with Crippen molar-refractivity contribution in [2.75, 3.05) is 6.61 Å². The number of rotatable bonds is 4. The topological polar surface area (TPSA) is 40.5 Å². The lowest BCUT2D eigenvalue weighted by atomic mass is 9.64. The fourth-order valence-corrected chi connectivity index (χ4v) is 5.53. The Balaban J connectivity index is 1.71. The zero-order valence-corrected chi connectivity index (χ0v) is 16.6. The van der Waals surface area contributed by atoms with Crippen LogP contribution in [0.2, 0.25) is 0 Å². The number of hydrogen-bond donors (Lipinski definition) is 2. The molecule has 5 unspecified atom stereocenters. The van der Waals surface area contributed by atoms with E-state index in [9.17, 15) is 5.11 Å². The normalized spacial score (nSPS) is 41.3. The van der Waals surface area contributed by atoms with E-state index in [-0.39, 0.29) is 12.5 Å². The molecule has 3 fully saturated rings. The molecule has 5 atom stereocenters. The molecule has 0 heterocycles. The summed E-state index contributed by atoms with van der Waals surface area (Å²) in [6.45, 7) is 9.28. The SMILES string of the molecule is C=C1/C(=C\C=C2/CCCC3(C)C(C)CCC23)CCC(C=CCCO)C1O. The predicted molar refractivity (Wildman–Crippen MR) is 109 cm³/mol. The molecule has 0 amide bonds. The molecule has 0 bridgehead atoms. The summed E-state index contributed by atoms with van der Waals surface area (Å²) in [6, 6.07) is 0. The van der Waals surface area contributed by atoms with Gasteiger partial charge >= 0.3 is 0 Å². The molecule has 0 saturated heterocycles. The molecule has 3 rings (SSSR count). The van der Waals surface area contributed by atoms with Crippen LogP contribution in [-0.4, -0.2) is 22.9 Å². The van der Waals surface area contributed by atoms with Crippen LogP contribution in [0.15, 0.2) is 47.6 Å². The third-order valence-corrected chi connectivity index (χ3v) is 7.54. The number of hydrogen-bond acceptors (Lipinski definition) is 2. The first-order valence-electron chi connectivity index (χ1n) is 10.5. The summed E-state index contributed by atoms with van der Waals surface area (Å²) in [6.07, 6.45) is 17.4. The Morgan fingerprint density at radius 1 is 1.19 bits per heavy atom. The Labute approximate surface area is 159 Å². The van der Waals surface area contributed by atoms with Crippen molar-refractivity contribution in [3.63, 3.8) is 0 Å². The van der Waals surface area contributed by atoms with E-state index in [0.717, 1.165) is 30.3 Å². The zero-order chi connectivity index (χ0) is 18.7. The standard InChI is InChI=1S/C24H36O2/c1-17-9-14-22-20(8-6-15-24(17,22)3)12-10-19-11-13-21(7-4-5-16-25)23(26)18(19)2/h4,7,10,12,17,21-23,25-26H,2,5-6,8-9,11,13-16H2,1,3H3/b7-4?,19-10-,20-12+. The summed E-state index contributed by atoms with van der Waals surface area (Å²) in [5.41, 5.74) is 4.22. The van der Waals surface area contributed by atoms with Gasteiger partial charge in [-0.1, -0.05) is 50.3 Å². The van der Waals surface area contributed by atoms with Crippen LogP contribution < -0.4 is 0 Å². The molecule has 2 nitrogen and oxygen atoms in total. The van der Waals surface area contributed by atoms with Crippen molar-refractivity contribution in [2.24, 2.45) is 23.2 Å². The highest BCUT2D eigenvalue weighted by Gasteiger charge is 2.46. The van der Waals surface area contributed by atoms with Crippen molar-refractivity contribution in [3.8, 4) is 0 Å². The zero-order valence-electron chi connectivity index (χ0n) is 16.6. The second-order valence-electron chi connectivity index (χ2n) is 8.94. The van der Waals surface area contributed by atoms with E-state index in [4.69, 9.17) is 5.11 Å². The molecule has 0 aromatic heterocycles. The number of fused-ring (bicyclic) bond motifs is 1. The third-order valence-electron chi connectivity index (χ3n) is 7.54. The predicted octanol–water partition coefficient (Wildman–Crippen LogP) is 5.34. The minimum atomic E-state index is -0.494. The van der Waals surface area contributed by atoms with Gasteiger partial charge in [-0.25, -0.2) is 0 Å². The molecule has 2 heteroatoms. The van der Waals surface area contributed by atoms with Gasteiger partial charge in [-0.15, -0.1) is 0 Å². The molecule has 0 spiro atoms. The molecule has 144 valence electrons. The summed E-state index contributed by atoms with van der Waals surface area (Å²) < 4.78 is 0. The van der Waals surface area contributed by atoms with E-state index in [2.05, 4.69) is 32.6 Å². The molecule has 3 aliphatic rings. The minimum Gasteiger partial charge on any atom is -0.396 e. The van der Waals surface area contributed by atoms with Crippen LogP contribution >= 0.6 is 0 Å². The molecule has 0 aromatic carbocycles. The fraction of sp³-hybridized carbons (Fsp3) is 0.667. The maximum atomic E-state index is 10.6. The van der Waals surface area contributed by atoms with Gasteiger partial charge in [0.1, 0.15) is 0 Å². The van der Waals surface area contributed by atoms with E-state index in [0.29, 0.717) is 11.8 Å². The number of allylic oxidation sites excluding steroid dienone is 3. The molecule has 0 aliphatic heterocycles. The molecule has 26 heavy (non-hydrogen) atoms. The Kier molecular flexibility index (Phi) is 6.25. The maximum Gasteiger partial charge on any atom is 0.0849 e. The highest BCUT2D eigenvalue weighted by molar-refractivity contribution is 5.39. The lowest BCUT2D eigenvalue weighted by Crippen LogP contribution is -2.32. The van der Waals surface area contributed by atoms with Crippen LogP contribution in [0.25, 0.3) is 0 Å². The van der Waals surface area contributed by atoms with Gasteiger partial charge in [-0.2, -0.15) is 0 Å². The largest absolute Gasteiger partial charge is 0.396 e. The van der Waals surface area contributed by atoms with Crippen molar-refractivity contribution >= 4 is 0 Å². The molecule has 0 radical (unpaired) electrons. The molecule has 2 N–H and O–H groups in total. The van der Waals surface area contributed by atoms with Crippen molar-refractivity contribution < 1.29 is 10.2 Å². The lowest BCUT2D eigenvalue weighted by molar-refractivity contribution is 0.146. The van der Waals surface area contributed by atoms with Crippen molar-refractivity contribution in [2.45, 2.75) is 71.3 Å². The highest BCUT2D eigenvalue weighted by Crippen LogP contribution is 2.57. The van der Waals surface area contributed by atoms with Crippen LogP contribution in [0.1, 0.15) is 65.2 Å². The first-order valence-corrected chi connectivity index (χ1v) is 10.5. The van der Waals surface area contributed by atoms with Crippen LogP contribution in [0.3, 0.4) is 0 Å². The Morgan fingerprint density at radius 2 is 2.00 bits per heavy atom. The first kappa shape index (κ1) is 19.6. The first-order chi connectivity index (χ1) is 12.5. The number of aliphatic hydroxyl groups excluding tert-OH is 2. The average Bonchev–Trinajstić information content (AvgIpc) is 2.93. The summed E-state index contributed by atoms with van der Waals surface area (Å²) in [5.74, 6) is 1.72. The van der Waals surface area contributed by atoms with Gasteiger partial charge in [0.15, 0.2) is 0 Å². The van der Waals surface area contributed by atoms with Crippen molar-refractivity contribution in [1.82, 2.24) is 0 Å². The van der Waals surface area contributed by atoms with Gasteiger partial charge in [0.2, 0.25) is 0 Å². The second kappa shape index (κ2) is 8.27. The Morgan fingerprint density at radius 3 is 2.77 bits per heavy atom.